The Morgan fingerprint density at radius 2 is 1.96 bits per heavy atom. The van der Waals surface area contributed by atoms with Gasteiger partial charge in [0.15, 0.2) is 10.7 Å². The predicted molar refractivity (Wildman–Crippen MR) is 108 cm³/mol. The summed E-state index contributed by atoms with van der Waals surface area (Å²) in [6.07, 6.45) is 5.39. The molecule has 0 aliphatic carbocycles. The van der Waals surface area contributed by atoms with Gasteiger partial charge in [0.2, 0.25) is 0 Å². The Morgan fingerprint density at radius 1 is 1.07 bits per heavy atom. The minimum absolute atomic E-state index is 0.247. The first-order chi connectivity index (χ1) is 13.8. The highest BCUT2D eigenvalue weighted by Gasteiger charge is 2.13. The van der Waals surface area contributed by atoms with Gasteiger partial charge in [0, 0.05) is 29.0 Å². The van der Waals surface area contributed by atoms with Crippen molar-refractivity contribution in [3.05, 3.63) is 84.3 Å². The van der Waals surface area contributed by atoms with E-state index in [4.69, 9.17) is 0 Å². The normalized spacial score (nSPS) is 11.0. The van der Waals surface area contributed by atoms with E-state index in [1.54, 1.807) is 11.3 Å². The molecule has 0 aliphatic heterocycles. The second kappa shape index (κ2) is 6.75. The van der Waals surface area contributed by atoms with Crippen molar-refractivity contribution in [1.82, 2.24) is 24.4 Å². The Balaban J connectivity index is 1.37. The number of carbonyl (C=O) groups excluding carboxylic acids is 1. The first-order valence-electron chi connectivity index (χ1n) is 8.58. The van der Waals surface area contributed by atoms with Crippen LogP contribution in [0.25, 0.3) is 21.9 Å². The van der Waals surface area contributed by atoms with Crippen molar-refractivity contribution in [3.63, 3.8) is 0 Å². The lowest BCUT2D eigenvalue weighted by atomic mass is 10.1. The highest BCUT2D eigenvalue weighted by molar-refractivity contribution is 7.15. The summed E-state index contributed by atoms with van der Waals surface area (Å²) in [5.74, 6) is -0.315. The van der Waals surface area contributed by atoms with Crippen LogP contribution in [0.3, 0.4) is 0 Å². The summed E-state index contributed by atoms with van der Waals surface area (Å²) in [5.41, 5.74) is 3.51. The van der Waals surface area contributed by atoms with Crippen molar-refractivity contribution in [1.29, 1.82) is 0 Å². The zero-order valence-corrected chi connectivity index (χ0v) is 15.4. The van der Waals surface area contributed by atoms with Crippen molar-refractivity contribution in [2.45, 2.75) is 0 Å². The summed E-state index contributed by atoms with van der Waals surface area (Å²) in [7, 11) is 0. The summed E-state index contributed by atoms with van der Waals surface area (Å²) >= 11 is 1.58. The lowest BCUT2D eigenvalue weighted by Gasteiger charge is -2.05. The molecule has 1 amide bonds. The number of nitrogens with zero attached hydrogens (tertiary/aromatic N) is 5. The van der Waals surface area contributed by atoms with Gasteiger partial charge < -0.3 is 5.32 Å². The van der Waals surface area contributed by atoms with Gasteiger partial charge in [-0.1, -0.05) is 30.3 Å². The van der Waals surface area contributed by atoms with Crippen LogP contribution < -0.4 is 5.32 Å². The number of fused-ring (bicyclic) bond motifs is 1. The summed E-state index contributed by atoms with van der Waals surface area (Å²) in [6.45, 7) is 0. The number of carbonyl (C=O) groups is 1. The van der Waals surface area contributed by atoms with E-state index >= 15 is 0 Å². The maximum Gasteiger partial charge on any atom is 0.277 e. The summed E-state index contributed by atoms with van der Waals surface area (Å²) in [5, 5.41) is 13.3. The van der Waals surface area contributed by atoms with Crippen LogP contribution in [-0.2, 0) is 0 Å². The maximum absolute atomic E-state index is 12.6. The molecule has 0 radical (unpaired) electrons. The molecule has 136 valence electrons. The van der Waals surface area contributed by atoms with Crippen LogP contribution in [0.15, 0.2) is 78.6 Å². The van der Waals surface area contributed by atoms with E-state index in [-0.39, 0.29) is 11.6 Å². The van der Waals surface area contributed by atoms with Crippen LogP contribution in [0.5, 0.6) is 0 Å². The molecular weight excluding hydrogens is 372 g/mol. The number of para-hydroxylation sites is 1. The molecule has 2 aromatic carbocycles. The van der Waals surface area contributed by atoms with Crippen LogP contribution in [0.4, 0.5) is 5.69 Å². The summed E-state index contributed by atoms with van der Waals surface area (Å²) in [6, 6.07) is 17.0. The lowest BCUT2D eigenvalue weighted by Crippen LogP contribution is -2.13. The van der Waals surface area contributed by atoms with Crippen LogP contribution in [0.2, 0.25) is 0 Å². The fraction of sp³-hybridized carbons (Fsp3) is 0. The third-order valence-electron chi connectivity index (χ3n) is 4.22. The molecule has 0 atom stereocenters. The summed E-state index contributed by atoms with van der Waals surface area (Å²) in [4.78, 5) is 19.5. The number of benzene rings is 2. The maximum atomic E-state index is 12.6. The van der Waals surface area contributed by atoms with Gasteiger partial charge in [-0.25, -0.2) is 4.98 Å². The predicted octanol–water partition coefficient (Wildman–Crippen LogP) is 3.90. The molecule has 0 aliphatic rings. The average Bonchev–Trinajstić information content (AvgIpc) is 3.45. The van der Waals surface area contributed by atoms with Crippen LogP contribution >= 0.6 is 11.3 Å². The van der Waals surface area contributed by atoms with E-state index in [9.17, 15) is 4.79 Å². The molecule has 3 aromatic heterocycles. The molecule has 0 saturated heterocycles. The monoisotopic (exact) mass is 386 g/mol. The first kappa shape index (κ1) is 16.4. The van der Waals surface area contributed by atoms with Crippen molar-refractivity contribution in [2.24, 2.45) is 0 Å². The van der Waals surface area contributed by atoms with E-state index in [1.165, 1.54) is 11.0 Å². The Bertz CT molecular complexity index is 1240. The van der Waals surface area contributed by atoms with Gasteiger partial charge in [0.1, 0.15) is 0 Å². The number of thiazole rings is 1. The van der Waals surface area contributed by atoms with E-state index < -0.39 is 0 Å². The molecule has 1 N–H and O–H groups in total. The number of hydrogen-bond donors (Lipinski definition) is 1. The van der Waals surface area contributed by atoms with E-state index in [0.29, 0.717) is 5.69 Å². The minimum Gasteiger partial charge on any atom is -0.321 e. The van der Waals surface area contributed by atoms with E-state index in [2.05, 4.69) is 20.5 Å². The van der Waals surface area contributed by atoms with Crippen molar-refractivity contribution in [3.8, 4) is 16.9 Å². The largest absolute Gasteiger partial charge is 0.321 e. The van der Waals surface area contributed by atoms with Gasteiger partial charge in [0.05, 0.1) is 17.6 Å². The fourth-order valence-corrected chi connectivity index (χ4v) is 3.57. The molecule has 0 bridgehead atoms. The lowest BCUT2D eigenvalue weighted by molar-refractivity contribution is 0.102. The second-order valence-electron chi connectivity index (χ2n) is 6.11. The van der Waals surface area contributed by atoms with Gasteiger partial charge in [0.25, 0.3) is 5.91 Å². The first-order valence-corrected chi connectivity index (χ1v) is 9.46. The highest BCUT2D eigenvalue weighted by Crippen LogP contribution is 2.24. The van der Waals surface area contributed by atoms with E-state index in [0.717, 1.165) is 21.9 Å². The molecular formula is C20H14N6OS. The number of imidazole rings is 1. The van der Waals surface area contributed by atoms with Crippen molar-refractivity contribution in [2.75, 3.05) is 5.32 Å². The van der Waals surface area contributed by atoms with Gasteiger partial charge >= 0.3 is 0 Å². The standard InChI is InChI=1S/C20H14N6OS/c27-19(17-12-21-26(24-17)16-7-2-1-3-8-16)22-15-6-4-5-14(11-15)18-13-25-9-10-28-20(25)23-18/h1-13H,(H,22,27). The number of hydrogen-bond acceptors (Lipinski definition) is 5. The third-order valence-corrected chi connectivity index (χ3v) is 4.99. The SMILES string of the molecule is O=C(Nc1cccc(-c2cn3ccsc3n2)c1)c1cnn(-c2ccccc2)n1. The number of amides is 1. The number of aromatic nitrogens is 5. The Hall–Kier alpha value is -3.78. The van der Waals surface area contributed by atoms with Gasteiger partial charge in [-0.3, -0.25) is 9.20 Å². The molecule has 0 saturated carbocycles. The summed E-state index contributed by atoms with van der Waals surface area (Å²) < 4.78 is 1.98. The minimum atomic E-state index is -0.315. The number of anilines is 1. The number of nitrogens with one attached hydrogen (secondary N) is 1. The Labute approximate surface area is 163 Å². The molecule has 0 spiro atoms. The van der Waals surface area contributed by atoms with Gasteiger partial charge in [-0.2, -0.15) is 9.90 Å². The van der Waals surface area contributed by atoms with Gasteiger partial charge in [-0.15, -0.1) is 16.4 Å². The fourth-order valence-electron chi connectivity index (χ4n) is 2.87. The average molecular weight is 386 g/mol. The smallest absolute Gasteiger partial charge is 0.277 e. The van der Waals surface area contributed by atoms with Crippen molar-refractivity contribution >= 4 is 27.9 Å². The van der Waals surface area contributed by atoms with E-state index in [1.807, 2.05) is 76.8 Å². The molecule has 28 heavy (non-hydrogen) atoms. The highest BCUT2D eigenvalue weighted by atomic mass is 32.1. The Morgan fingerprint density at radius 3 is 2.82 bits per heavy atom. The third kappa shape index (κ3) is 3.06. The molecule has 7 nitrogen and oxygen atoms in total. The van der Waals surface area contributed by atoms with Crippen LogP contribution in [0, 0.1) is 0 Å². The zero-order valence-electron chi connectivity index (χ0n) is 14.6. The quantitative estimate of drug-likeness (QED) is 0.508. The number of rotatable bonds is 4. The molecule has 0 unspecified atom stereocenters. The molecule has 8 heteroatoms. The zero-order chi connectivity index (χ0) is 18.9. The molecule has 5 aromatic rings. The van der Waals surface area contributed by atoms with Crippen molar-refractivity contribution < 1.29 is 4.79 Å². The molecule has 0 fully saturated rings. The Kier molecular flexibility index (Phi) is 3.95. The topological polar surface area (TPSA) is 77.1 Å². The molecule has 3 heterocycles. The van der Waals surface area contributed by atoms with Crippen LogP contribution in [-0.4, -0.2) is 30.3 Å². The second-order valence-corrected chi connectivity index (χ2v) is 6.98. The molecule has 5 rings (SSSR count). The van der Waals surface area contributed by atoms with Crippen LogP contribution in [0.1, 0.15) is 10.5 Å². The van der Waals surface area contributed by atoms with Gasteiger partial charge in [-0.05, 0) is 24.3 Å².